The predicted molar refractivity (Wildman–Crippen MR) is 91.8 cm³/mol. The van der Waals surface area contributed by atoms with Crippen LogP contribution in [0.5, 0.6) is 0 Å². The van der Waals surface area contributed by atoms with Crippen molar-refractivity contribution in [2.24, 2.45) is 5.92 Å². The summed E-state index contributed by atoms with van der Waals surface area (Å²) < 4.78 is 0. The van der Waals surface area contributed by atoms with Crippen LogP contribution < -0.4 is 15.5 Å². The highest BCUT2D eigenvalue weighted by Gasteiger charge is 2.34. The Balaban J connectivity index is 1.76. The second kappa shape index (κ2) is 6.60. The Bertz CT molecular complexity index is 612. The molecule has 1 aromatic carbocycles. The molecule has 1 saturated heterocycles. The Morgan fingerprint density at radius 2 is 2.22 bits per heavy atom. The van der Waals surface area contributed by atoms with E-state index in [1.54, 1.807) is 6.07 Å². The van der Waals surface area contributed by atoms with Crippen LogP contribution >= 0.6 is 0 Å². The summed E-state index contributed by atoms with van der Waals surface area (Å²) >= 11 is 0. The lowest BCUT2D eigenvalue weighted by atomic mass is 9.97. The molecule has 2 N–H and O–H groups in total. The summed E-state index contributed by atoms with van der Waals surface area (Å²) in [4.78, 5) is 26.7. The molecule has 1 atom stereocenters. The number of hydrogen-bond acceptors (Lipinski definition) is 3. The second-order valence-corrected chi connectivity index (χ2v) is 6.86. The van der Waals surface area contributed by atoms with Crippen molar-refractivity contribution in [1.82, 2.24) is 5.32 Å². The van der Waals surface area contributed by atoms with Crippen molar-refractivity contribution in [2.45, 2.75) is 45.6 Å². The van der Waals surface area contributed by atoms with Crippen molar-refractivity contribution < 1.29 is 9.59 Å². The van der Waals surface area contributed by atoms with Gasteiger partial charge in [-0.25, -0.2) is 0 Å². The number of benzene rings is 1. The maximum atomic E-state index is 12.3. The summed E-state index contributed by atoms with van der Waals surface area (Å²) in [7, 11) is 0. The molecule has 0 aromatic heterocycles. The molecular formula is C18H25N3O2. The number of carbonyl (C=O) groups is 2. The van der Waals surface area contributed by atoms with Crippen molar-refractivity contribution in [3.63, 3.8) is 0 Å². The van der Waals surface area contributed by atoms with Crippen LogP contribution in [0.1, 0.15) is 49.9 Å². The van der Waals surface area contributed by atoms with Gasteiger partial charge in [-0.05, 0) is 49.8 Å². The number of anilines is 2. The minimum atomic E-state index is -0.0801. The molecule has 2 heterocycles. The first-order chi connectivity index (χ1) is 11.1. The zero-order valence-electron chi connectivity index (χ0n) is 13.9. The van der Waals surface area contributed by atoms with Crippen LogP contribution in [-0.2, 0) is 4.79 Å². The molecular weight excluding hydrogens is 290 g/mol. The van der Waals surface area contributed by atoms with Gasteiger partial charge >= 0.3 is 0 Å². The Hall–Kier alpha value is -2.04. The van der Waals surface area contributed by atoms with Crippen molar-refractivity contribution in [1.29, 1.82) is 0 Å². The van der Waals surface area contributed by atoms with Crippen LogP contribution in [0.25, 0.3) is 0 Å². The van der Waals surface area contributed by atoms with E-state index in [2.05, 4.69) is 29.4 Å². The van der Waals surface area contributed by atoms with E-state index >= 15 is 0 Å². The molecule has 1 fully saturated rings. The van der Waals surface area contributed by atoms with Gasteiger partial charge in [0, 0.05) is 18.7 Å². The Kier molecular flexibility index (Phi) is 4.55. The highest BCUT2D eigenvalue weighted by atomic mass is 16.2. The normalized spacial score (nSPS) is 19.9. The zero-order valence-corrected chi connectivity index (χ0v) is 13.9. The molecule has 2 aliphatic rings. The summed E-state index contributed by atoms with van der Waals surface area (Å²) in [5.74, 6) is 0.534. The van der Waals surface area contributed by atoms with Gasteiger partial charge in [0.1, 0.15) is 6.04 Å². The molecule has 2 aliphatic heterocycles. The third-order valence-corrected chi connectivity index (χ3v) is 4.64. The first-order valence-corrected chi connectivity index (χ1v) is 8.56. The molecule has 0 bridgehead atoms. The van der Waals surface area contributed by atoms with Crippen LogP contribution in [0.4, 0.5) is 11.4 Å². The van der Waals surface area contributed by atoms with E-state index in [1.807, 2.05) is 12.1 Å². The summed E-state index contributed by atoms with van der Waals surface area (Å²) in [6.45, 7) is 5.85. The number of amides is 2. The van der Waals surface area contributed by atoms with Crippen LogP contribution in [-0.4, -0.2) is 30.9 Å². The fourth-order valence-corrected chi connectivity index (χ4v) is 3.31. The maximum Gasteiger partial charge on any atom is 0.251 e. The van der Waals surface area contributed by atoms with Crippen LogP contribution in [0.2, 0.25) is 0 Å². The van der Waals surface area contributed by atoms with Gasteiger partial charge in [-0.15, -0.1) is 0 Å². The molecule has 0 unspecified atom stereocenters. The molecule has 3 rings (SSSR count). The van der Waals surface area contributed by atoms with Crippen molar-refractivity contribution in [2.75, 3.05) is 23.3 Å². The minimum absolute atomic E-state index is 0.0505. The lowest BCUT2D eigenvalue weighted by molar-refractivity contribution is -0.118. The fraction of sp³-hybridized carbons (Fsp3) is 0.556. The molecule has 0 saturated carbocycles. The van der Waals surface area contributed by atoms with E-state index in [-0.39, 0.29) is 17.9 Å². The fourth-order valence-electron chi connectivity index (χ4n) is 3.31. The standard InChI is InChI=1S/C18H25N3O2/c1-12(2)8-9-19-17(22)13-6-7-15-14(11-13)20-18(23)16-5-3-4-10-21(15)16/h6-7,11-12,16H,3-5,8-10H2,1-2H3,(H,19,22)(H,20,23)/t16-/m1/s1. The van der Waals surface area contributed by atoms with E-state index < -0.39 is 0 Å². The first kappa shape index (κ1) is 15.8. The molecule has 0 spiro atoms. The predicted octanol–water partition coefficient (Wildman–Crippen LogP) is 2.77. The van der Waals surface area contributed by atoms with Crippen LogP contribution in [0.3, 0.4) is 0 Å². The van der Waals surface area contributed by atoms with Gasteiger partial charge in [0.15, 0.2) is 0 Å². The van der Waals surface area contributed by atoms with Crippen LogP contribution in [0, 0.1) is 5.92 Å². The first-order valence-electron chi connectivity index (χ1n) is 8.56. The topological polar surface area (TPSA) is 61.4 Å². The third kappa shape index (κ3) is 3.33. The molecule has 0 radical (unpaired) electrons. The van der Waals surface area contributed by atoms with E-state index in [9.17, 15) is 9.59 Å². The largest absolute Gasteiger partial charge is 0.358 e. The number of piperidine rings is 1. The average molecular weight is 315 g/mol. The van der Waals surface area contributed by atoms with Gasteiger partial charge in [0.05, 0.1) is 11.4 Å². The van der Waals surface area contributed by atoms with Gasteiger partial charge in [0.2, 0.25) is 5.91 Å². The van der Waals surface area contributed by atoms with Gasteiger partial charge < -0.3 is 15.5 Å². The second-order valence-electron chi connectivity index (χ2n) is 6.86. The highest BCUT2D eigenvalue weighted by molar-refractivity contribution is 6.05. The van der Waals surface area contributed by atoms with Crippen LogP contribution in [0.15, 0.2) is 18.2 Å². The number of carbonyl (C=O) groups excluding carboxylic acids is 2. The summed E-state index contributed by atoms with van der Waals surface area (Å²) in [5.41, 5.74) is 2.39. The number of nitrogens with one attached hydrogen (secondary N) is 2. The van der Waals surface area contributed by atoms with Gasteiger partial charge in [-0.1, -0.05) is 13.8 Å². The number of hydrogen-bond donors (Lipinski definition) is 2. The summed E-state index contributed by atoms with van der Waals surface area (Å²) in [5, 5.41) is 5.91. The number of fused-ring (bicyclic) bond motifs is 3. The summed E-state index contributed by atoms with van der Waals surface area (Å²) in [6.07, 6.45) is 4.08. The van der Waals surface area contributed by atoms with Gasteiger partial charge in [0.25, 0.3) is 5.91 Å². The molecule has 5 nitrogen and oxygen atoms in total. The Morgan fingerprint density at radius 1 is 1.39 bits per heavy atom. The zero-order chi connectivity index (χ0) is 16.4. The molecule has 5 heteroatoms. The number of rotatable bonds is 4. The number of nitrogens with zero attached hydrogens (tertiary/aromatic N) is 1. The molecule has 124 valence electrons. The van der Waals surface area contributed by atoms with E-state index in [0.717, 1.165) is 43.6 Å². The Morgan fingerprint density at radius 3 is 3.00 bits per heavy atom. The van der Waals surface area contributed by atoms with Crippen molar-refractivity contribution in [3.05, 3.63) is 23.8 Å². The van der Waals surface area contributed by atoms with E-state index in [0.29, 0.717) is 18.0 Å². The molecule has 1 aromatic rings. The van der Waals surface area contributed by atoms with E-state index in [4.69, 9.17) is 0 Å². The van der Waals surface area contributed by atoms with Crippen molar-refractivity contribution in [3.8, 4) is 0 Å². The Labute approximate surface area is 137 Å². The van der Waals surface area contributed by atoms with Gasteiger partial charge in [-0.2, -0.15) is 0 Å². The lowest BCUT2D eigenvalue weighted by Gasteiger charge is -2.41. The summed E-state index contributed by atoms with van der Waals surface area (Å²) in [6, 6.07) is 5.56. The molecule has 23 heavy (non-hydrogen) atoms. The minimum Gasteiger partial charge on any atom is -0.358 e. The lowest BCUT2D eigenvalue weighted by Crippen LogP contribution is -2.50. The van der Waals surface area contributed by atoms with E-state index in [1.165, 1.54) is 0 Å². The highest BCUT2D eigenvalue weighted by Crippen LogP contribution is 2.36. The van der Waals surface area contributed by atoms with Crippen molar-refractivity contribution >= 4 is 23.2 Å². The molecule has 2 amide bonds. The maximum absolute atomic E-state index is 12.3. The average Bonchev–Trinajstić information content (AvgIpc) is 2.54. The van der Waals surface area contributed by atoms with Gasteiger partial charge in [-0.3, -0.25) is 9.59 Å². The quantitative estimate of drug-likeness (QED) is 0.898. The smallest absolute Gasteiger partial charge is 0.251 e. The monoisotopic (exact) mass is 315 g/mol. The third-order valence-electron chi connectivity index (χ3n) is 4.64. The SMILES string of the molecule is CC(C)CCNC(=O)c1ccc2c(c1)NC(=O)[C@H]1CCCCN21. The molecule has 0 aliphatic carbocycles.